The summed E-state index contributed by atoms with van der Waals surface area (Å²) in [6.07, 6.45) is 3.40. The zero-order chi connectivity index (χ0) is 9.84. The summed E-state index contributed by atoms with van der Waals surface area (Å²) < 4.78 is 0. The number of carbonyl (C=O) groups is 1. The number of nitrogens with two attached hydrogens (primary N) is 1. The van der Waals surface area contributed by atoms with Gasteiger partial charge in [-0.25, -0.2) is 4.79 Å². The molecule has 1 saturated heterocycles. The van der Waals surface area contributed by atoms with Gasteiger partial charge < -0.3 is 15.7 Å². The fourth-order valence-electron chi connectivity index (χ4n) is 1.93. The molecular weight excluding hydrogens is 168 g/mol. The van der Waals surface area contributed by atoms with Crippen molar-refractivity contribution in [2.75, 3.05) is 6.54 Å². The first-order chi connectivity index (χ1) is 6.11. The monoisotopic (exact) mass is 186 g/mol. The Labute approximate surface area is 78.7 Å². The number of hydrogen-bond acceptors (Lipinski definition) is 2. The van der Waals surface area contributed by atoms with Crippen LogP contribution in [-0.4, -0.2) is 34.7 Å². The van der Waals surface area contributed by atoms with Crippen LogP contribution in [0.5, 0.6) is 0 Å². The van der Waals surface area contributed by atoms with Crippen molar-refractivity contribution in [2.24, 2.45) is 5.73 Å². The number of hydrogen-bond donors (Lipinski definition) is 2. The molecule has 4 heteroatoms. The first kappa shape index (κ1) is 10.3. The summed E-state index contributed by atoms with van der Waals surface area (Å²) in [5.41, 5.74) is 5.24. The Kier molecular flexibility index (Phi) is 3.54. The lowest BCUT2D eigenvalue weighted by molar-refractivity contribution is 0.106. The van der Waals surface area contributed by atoms with Crippen LogP contribution in [0.4, 0.5) is 4.79 Å². The molecule has 1 rings (SSSR count). The highest BCUT2D eigenvalue weighted by atomic mass is 16.3. The van der Waals surface area contributed by atoms with Crippen molar-refractivity contribution in [2.45, 2.75) is 44.8 Å². The first-order valence-corrected chi connectivity index (χ1v) is 4.85. The third kappa shape index (κ3) is 2.88. The molecular formula is C9H18N2O2. The number of urea groups is 1. The molecule has 76 valence electrons. The van der Waals surface area contributed by atoms with Crippen molar-refractivity contribution >= 4 is 6.03 Å². The lowest BCUT2D eigenvalue weighted by Crippen LogP contribution is -2.47. The van der Waals surface area contributed by atoms with Gasteiger partial charge in [0.2, 0.25) is 0 Å². The fraction of sp³-hybridized carbons (Fsp3) is 0.889. The van der Waals surface area contributed by atoms with Crippen LogP contribution in [0.15, 0.2) is 0 Å². The van der Waals surface area contributed by atoms with Gasteiger partial charge in [-0.05, 0) is 32.6 Å². The summed E-state index contributed by atoms with van der Waals surface area (Å²) in [6.45, 7) is 2.49. The topological polar surface area (TPSA) is 66.6 Å². The average molecular weight is 186 g/mol. The van der Waals surface area contributed by atoms with Crippen LogP contribution in [0.2, 0.25) is 0 Å². The lowest BCUT2D eigenvalue weighted by atomic mass is 9.98. The Balaban J connectivity index is 2.51. The highest BCUT2D eigenvalue weighted by Gasteiger charge is 2.25. The van der Waals surface area contributed by atoms with E-state index in [0.29, 0.717) is 6.42 Å². The standard InChI is InChI=1S/C9H18N2O2/c1-7(12)6-8-4-2-3-5-11(8)9(10)13/h7-8,12H,2-6H2,1H3,(H2,10,13). The third-order valence-electron chi connectivity index (χ3n) is 2.52. The number of nitrogens with zero attached hydrogens (tertiary/aromatic N) is 1. The van der Waals surface area contributed by atoms with Crippen molar-refractivity contribution in [1.82, 2.24) is 4.90 Å². The molecule has 0 aliphatic carbocycles. The summed E-state index contributed by atoms with van der Waals surface area (Å²) >= 11 is 0. The minimum Gasteiger partial charge on any atom is -0.393 e. The molecule has 0 bridgehead atoms. The molecule has 4 nitrogen and oxygen atoms in total. The first-order valence-electron chi connectivity index (χ1n) is 4.85. The third-order valence-corrected chi connectivity index (χ3v) is 2.52. The van der Waals surface area contributed by atoms with E-state index in [-0.39, 0.29) is 18.2 Å². The van der Waals surface area contributed by atoms with E-state index in [0.717, 1.165) is 25.8 Å². The van der Waals surface area contributed by atoms with Crippen molar-refractivity contribution < 1.29 is 9.90 Å². The van der Waals surface area contributed by atoms with Crippen LogP contribution >= 0.6 is 0 Å². The van der Waals surface area contributed by atoms with Gasteiger partial charge in [-0.15, -0.1) is 0 Å². The predicted octanol–water partition coefficient (Wildman–Crippen LogP) is 0.691. The number of aliphatic hydroxyl groups is 1. The maximum Gasteiger partial charge on any atom is 0.315 e. The molecule has 1 aliphatic heterocycles. The smallest absolute Gasteiger partial charge is 0.315 e. The SMILES string of the molecule is CC(O)CC1CCCCN1C(N)=O. The van der Waals surface area contributed by atoms with Gasteiger partial charge in [-0.3, -0.25) is 0 Å². The van der Waals surface area contributed by atoms with Crippen LogP contribution in [-0.2, 0) is 0 Å². The Morgan fingerprint density at radius 1 is 1.69 bits per heavy atom. The number of carbonyl (C=O) groups excluding carboxylic acids is 1. The van der Waals surface area contributed by atoms with Crippen LogP contribution in [0.3, 0.4) is 0 Å². The maximum absolute atomic E-state index is 11.0. The largest absolute Gasteiger partial charge is 0.393 e. The normalized spacial score (nSPS) is 25.7. The number of amides is 2. The summed E-state index contributed by atoms with van der Waals surface area (Å²) in [4.78, 5) is 12.7. The zero-order valence-corrected chi connectivity index (χ0v) is 8.07. The molecule has 3 N–H and O–H groups in total. The molecule has 0 spiro atoms. The number of primary amides is 1. The highest BCUT2D eigenvalue weighted by Crippen LogP contribution is 2.20. The number of aliphatic hydroxyl groups excluding tert-OH is 1. The Hall–Kier alpha value is -0.770. The molecule has 2 amide bonds. The van der Waals surface area contributed by atoms with E-state index in [4.69, 9.17) is 5.73 Å². The average Bonchev–Trinajstić information content (AvgIpc) is 2.03. The molecule has 0 aromatic carbocycles. The summed E-state index contributed by atoms with van der Waals surface area (Å²) in [5, 5.41) is 9.23. The second-order valence-corrected chi connectivity index (χ2v) is 3.77. The van der Waals surface area contributed by atoms with Gasteiger partial charge in [0.25, 0.3) is 0 Å². The van der Waals surface area contributed by atoms with Crippen LogP contribution in [0.1, 0.15) is 32.6 Å². The molecule has 13 heavy (non-hydrogen) atoms. The van der Waals surface area contributed by atoms with E-state index < -0.39 is 0 Å². The fourth-order valence-corrected chi connectivity index (χ4v) is 1.93. The molecule has 0 aromatic rings. The van der Waals surface area contributed by atoms with E-state index in [1.165, 1.54) is 0 Å². The lowest BCUT2D eigenvalue weighted by Gasteiger charge is -2.35. The maximum atomic E-state index is 11.0. The Morgan fingerprint density at radius 2 is 2.38 bits per heavy atom. The van der Waals surface area contributed by atoms with Gasteiger partial charge in [-0.2, -0.15) is 0 Å². The minimum atomic E-state index is -0.357. The van der Waals surface area contributed by atoms with Crippen LogP contribution < -0.4 is 5.73 Å². The molecule has 1 aliphatic rings. The van der Waals surface area contributed by atoms with Gasteiger partial charge in [0.1, 0.15) is 0 Å². The molecule has 0 aromatic heterocycles. The minimum absolute atomic E-state index is 0.145. The molecule has 0 radical (unpaired) electrons. The molecule has 2 unspecified atom stereocenters. The predicted molar refractivity (Wildman–Crippen MR) is 50.2 cm³/mol. The summed E-state index contributed by atoms with van der Waals surface area (Å²) in [7, 11) is 0. The Morgan fingerprint density at radius 3 is 2.92 bits per heavy atom. The molecule has 2 atom stereocenters. The van der Waals surface area contributed by atoms with E-state index in [1.807, 2.05) is 0 Å². The number of piperidine rings is 1. The summed E-state index contributed by atoms with van der Waals surface area (Å²) in [5.74, 6) is 0. The van der Waals surface area contributed by atoms with Gasteiger partial charge >= 0.3 is 6.03 Å². The van der Waals surface area contributed by atoms with Gasteiger partial charge in [0.05, 0.1) is 6.10 Å². The van der Waals surface area contributed by atoms with E-state index in [9.17, 15) is 9.90 Å². The quantitative estimate of drug-likeness (QED) is 0.666. The molecule has 0 saturated carbocycles. The summed E-state index contributed by atoms with van der Waals surface area (Å²) in [6, 6.07) is -0.211. The van der Waals surface area contributed by atoms with Gasteiger partial charge in [-0.1, -0.05) is 0 Å². The number of likely N-dealkylation sites (tertiary alicyclic amines) is 1. The Bertz CT molecular complexity index is 182. The van der Waals surface area contributed by atoms with Crippen molar-refractivity contribution in [3.05, 3.63) is 0 Å². The van der Waals surface area contributed by atoms with Crippen molar-refractivity contribution in [1.29, 1.82) is 0 Å². The second-order valence-electron chi connectivity index (χ2n) is 3.77. The van der Waals surface area contributed by atoms with Crippen LogP contribution in [0.25, 0.3) is 0 Å². The van der Waals surface area contributed by atoms with Crippen LogP contribution in [0, 0.1) is 0 Å². The zero-order valence-electron chi connectivity index (χ0n) is 8.07. The molecule has 1 heterocycles. The van der Waals surface area contributed by atoms with Gasteiger partial charge in [0.15, 0.2) is 0 Å². The second kappa shape index (κ2) is 4.46. The molecule has 1 fully saturated rings. The number of rotatable bonds is 2. The van der Waals surface area contributed by atoms with E-state index in [2.05, 4.69) is 0 Å². The van der Waals surface area contributed by atoms with Gasteiger partial charge in [0, 0.05) is 12.6 Å². The highest BCUT2D eigenvalue weighted by molar-refractivity contribution is 5.72. The van der Waals surface area contributed by atoms with Crippen molar-refractivity contribution in [3.63, 3.8) is 0 Å². The van der Waals surface area contributed by atoms with E-state index >= 15 is 0 Å². The van der Waals surface area contributed by atoms with E-state index in [1.54, 1.807) is 11.8 Å². The van der Waals surface area contributed by atoms with Crippen molar-refractivity contribution in [3.8, 4) is 0 Å².